The minimum Gasteiger partial charge on any atom is -0.475 e. The fourth-order valence-electron chi connectivity index (χ4n) is 5.19. The van der Waals surface area contributed by atoms with Crippen molar-refractivity contribution in [3.63, 3.8) is 0 Å². The molecule has 0 unspecified atom stereocenters. The number of pyridine rings is 1. The number of unbranched alkanes of at least 4 members (excludes halogenated alkanes) is 2. The standard InChI is InChI=1S/C35H61N5O16/c1-27(42)39-32-29(56-30(26-41)33(43)34(32)44)5-3-2-4-10-48-13-14-49-11-8-36-35(45)37-9-12-50-15-16-51-17-18-52-19-20-53-21-22-54-23-24-55-31-7-6-28(25-38-31)40(46)47/h6-7,25,29-30,32-34,41,43-44H,2-5,8-24,26H2,1H3,(H,39,42)(H2,36,37,45)/t29-,30-,32+,33+,34-/m1/s1. The Bertz CT molecular complexity index is 1170. The molecule has 0 radical (unpaired) electrons. The zero-order valence-corrected chi connectivity index (χ0v) is 32.2. The number of carbonyl (C=O) groups excluding carboxylic acids is 2. The van der Waals surface area contributed by atoms with Gasteiger partial charge in [-0.3, -0.25) is 14.9 Å². The van der Waals surface area contributed by atoms with Gasteiger partial charge in [0.2, 0.25) is 11.8 Å². The van der Waals surface area contributed by atoms with Crippen molar-refractivity contribution in [1.82, 2.24) is 20.9 Å². The zero-order valence-electron chi connectivity index (χ0n) is 32.2. The summed E-state index contributed by atoms with van der Waals surface area (Å²) in [5.41, 5.74) is -0.100. The van der Waals surface area contributed by atoms with Crippen molar-refractivity contribution in [2.45, 2.75) is 63.1 Å². The van der Waals surface area contributed by atoms with Crippen molar-refractivity contribution >= 4 is 17.6 Å². The largest absolute Gasteiger partial charge is 0.475 e. The average molecular weight is 808 g/mol. The Kier molecular flexibility index (Phi) is 27.6. The van der Waals surface area contributed by atoms with Crippen molar-refractivity contribution in [3.05, 3.63) is 28.4 Å². The van der Waals surface area contributed by atoms with Gasteiger partial charge in [-0.05, 0) is 12.8 Å². The minimum absolute atomic E-state index is 0.100. The SMILES string of the molecule is CC(=O)N[C@@H]1[C@@H](O)[C@@H](O)[C@@H](CO)O[C@@H]1CCCCCOCCOCCNC(=O)NCCOCCOCCOCCOCCOCCOc1ccc([N+](=O)[O-])cn1. The third-order valence-electron chi connectivity index (χ3n) is 8.01. The monoisotopic (exact) mass is 807 g/mol. The second-order valence-corrected chi connectivity index (χ2v) is 12.4. The number of aromatic nitrogens is 1. The summed E-state index contributed by atoms with van der Waals surface area (Å²) in [5, 5.41) is 48.6. The number of amides is 3. The van der Waals surface area contributed by atoms with Gasteiger partial charge in [-0.15, -0.1) is 0 Å². The lowest BCUT2D eigenvalue weighted by Crippen LogP contribution is -2.63. The quantitative estimate of drug-likeness (QED) is 0.0286. The Labute approximate surface area is 327 Å². The molecule has 2 heterocycles. The molecule has 0 aliphatic carbocycles. The number of nitrogens with one attached hydrogen (secondary N) is 3. The molecule has 0 bridgehead atoms. The van der Waals surface area contributed by atoms with Gasteiger partial charge < -0.3 is 73.9 Å². The highest BCUT2D eigenvalue weighted by atomic mass is 16.6. The number of ether oxygens (including phenoxy) is 9. The molecule has 0 spiro atoms. The molecule has 21 heteroatoms. The first-order chi connectivity index (χ1) is 27.2. The molecule has 21 nitrogen and oxygen atoms in total. The van der Waals surface area contributed by atoms with Gasteiger partial charge in [0.05, 0.1) is 110 Å². The van der Waals surface area contributed by atoms with Crippen molar-refractivity contribution < 1.29 is 72.5 Å². The smallest absolute Gasteiger partial charge is 0.314 e. The maximum Gasteiger partial charge on any atom is 0.314 e. The second-order valence-electron chi connectivity index (χ2n) is 12.4. The van der Waals surface area contributed by atoms with Crippen LogP contribution in [-0.2, 0) is 42.7 Å². The van der Waals surface area contributed by atoms with E-state index in [1.807, 2.05) is 0 Å². The van der Waals surface area contributed by atoms with Gasteiger partial charge in [-0.1, -0.05) is 12.8 Å². The lowest BCUT2D eigenvalue weighted by atomic mass is 9.90. The number of nitro groups is 1. The Balaban J connectivity index is 1.26. The van der Waals surface area contributed by atoms with Crippen LogP contribution in [0, 0.1) is 10.1 Å². The van der Waals surface area contributed by atoms with Gasteiger partial charge in [0.25, 0.3) is 5.69 Å². The third-order valence-corrected chi connectivity index (χ3v) is 8.01. The number of hydrogen-bond acceptors (Lipinski definition) is 17. The van der Waals surface area contributed by atoms with E-state index in [-0.39, 0.29) is 30.1 Å². The fraction of sp³-hybridized carbons (Fsp3) is 0.800. The highest BCUT2D eigenvalue weighted by molar-refractivity contribution is 5.73. The molecule has 0 saturated carbocycles. The predicted octanol–water partition coefficient (Wildman–Crippen LogP) is -0.669. The highest BCUT2D eigenvalue weighted by Crippen LogP contribution is 2.25. The molecule has 5 atom stereocenters. The molecule has 1 aliphatic heterocycles. The number of nitrogens with zero attached hydrogens (tertiary/aromatic N) is 2. The number of aliphatic hydroxyl groups is 3. The van der Waals surface area contributed by atoms with Crippen LogP contribution in [0.25, 0.3) is 0 Å². The molecular formula is C35H61N5O16. The summed E-state index contributed by atoms with van der Waals surface area (Å²) in [6.45, 7) is 7.46. The molecule has 1 aliphatic rings. The molecule has 1 fully saturated rings. The van der Waals surface area contributed by atoms with E-state index in [1.165, 1.54) is 19.1 Å². The molecule has 1 aromatic heterocycles. The van der Waals surface area contributed by atoms with Gasteiger partial charge in [-0.25, -0.2) is 9.78 Å². The summed E-state index contributed by atoms with van der Waals surface area (Å²) < 4.78 is 49.3. The number of urea groups is 1. The number of carbonyl (C=O) groups is 2. The van der Waals surface area contributed by atoms with Crippen LogP contribution in [0.3, 0.4) is 0 Å². The van der Waals surface area contributed by atoms with Crippen molar-refractivity contribution in [1.29, 1.82) is 0 Å². The summed E-state index contributed by atoms with van der Waals surface area (Å²) in [6, 6.07) is 1.69. The van der Waals surface area contributed by atoms with Gasteiger partial charge in [-0.2, -0.15) is 0 Å². The minimum atomic E-state index is -1.28. The Morgan fingerprint density at radius 2 is 1.25 bits per heavy atom. The molecule has 322 valence electrons. The van der Waals surface area contributed by atoms with E-state index in [2.05, 4.69) is 20.9 Å². The average Bonchev–Trinajstić information content (AvgIpc) is 3.18. The van der Waals surface area contributed by atoms with E-state index in [9.17, 15) is 35.0 Å². The molecule has 3 amide bonds. The van der Waals surface area contributed by atoms with E-state index in [1.54, 1.807) is 0 Å². The van der Waals surface area contributed by atoms with Crippen molar-refractivity contribution in [3.8, 4) is 5.88 Å². The second kappa shape index (κ2) is 31.7. The molecule has 56 heavy (non-hydrogen) atoms. The fourth-order valence-corrected chi connectivity index (χ4v) is 5.19. The van der Waals surface area contributed by atoms with Gasteiger partial charge in [0.15, 0.2) is 0 Å². The molecule has 2 rings (SSSR count). The summed E-state index contributed by atoms with van der Waals surface area (Å²) in [4.78, 5) is 37.3. The third kappa shape index (κ3) is 23.0. The summed E-state index contributed by atoms with van der Waals surface area (Å²) in [7, 11) is 0. The maximum absolute atomic E-state index is 11.9. The maximum atomic E-state index is 11.9. The van der Waals surface area contributed by atoms with Crippen molar-refractivity contribution in [2.75, 3.05) is 119 Å². The van der Waals surface area contributed by atoms with Gasteiger partial charge in [0.1, 0.15) is 31.1 Å². The normalized spacial score (nSPS) is 19.4. The lowest BCUT2D eigenvalue weighted by molar-refractivity contribution is -0.385. The summed E-state index contributed by atoms with van der Waals surface area (Å²) in [6.07, 6.45) is 0.130. The van der Waals surface area contributed by atoms with Crippen LogP contribution in [0.15, 0.2) is 18.3 Å². The first-order valence-corrected chi connectivity index (χ1v) is 18.9. The van der Waals surface area contributed by atoms with Crippen LogP contribution >= 0.6 is 0 Å². The van der Waals surface area contributed by atoms with Crippen LogP contribution in [0.1, 0.15) is 32.6 Å². The molecule has 0 aromatic carbocycles. The molecule has 1 aromatic rings. The predicted molar refractivity (Wildman–Crippen MR) is 197 cm³/mol. The Hall–Kier alpha value is -3.35. The van der Waals surface area contributed by atoms with Crippen LogP contribution in [-0.4, -0.2) is 186 Å². The first kappa shape index (κ1) is 48.8. The van der Waals surface area contributed by atoms with Crippen molar-refractivity contribution in [2.24, 2.45) is 0 Å². The highest BCUT2D eigenvalue weighted by Gasteiger charge is 2.44. The molecule has 6 N–H and O–H groups in total. The zero-order chi connectivity index (χ0) is 40.6. The van der Waals surface area contributed by atoms with E-state index < -0.39 is 42.0 Å². The van der Waals surface area contributed by atoms with E-state index in [0.29, 0.717) is 112 Å². The van der Waals surface area contributed by atoms with Crippen LogP contribution < -0.4 is 20.7 Å². The lowest BCUT2D eigenvalue weighted by Gasteiger charge is -2.42. The summed E-state index contributed by atoms with van der Waals surface area (Å²) in [5.74, 6) is -0.0477. The summed E-state index contributed by atoms with van der Waals surface area (Å²) >= 11 is 0. The van der Waals surface area contributed by atoms with Crippen LogP contribution in [0.2, 0.25) is 0 Å². The van der Waals surface area contributed by atoms with Crippen LogP contribution in [0.5, 0.6) is 5.88 Å². The van der Waals surface area contributed by atoms with Crippen LogP contribution in [0.4, 0.5) is 10.5 Å². The Morgan fingerprint density at radius 1 is 0.732 bits per heavy atom. The van der Waals surface area contributed by atoms with E-state index in [0.717, 1.165) is 25.5 Å². The van der Waals surface area contributed by atoms with Gasteiger partial charge in [0, 0.05) is 38.8 Å². The number of aliphatic hydroxyl groups excluding tert-OH is 3. The molecule has 1 saturated heterocycles. The Morgan fingerprint density at radius 3 is 1.73 bits per heavy atom. The number of hydrogen-bond donors (Lipinski definition) is 6. The molecular weight excluding hydrogens is 746 g/mol. The first-order valence-electron chi connectivity index (χ1n) is 18.9. The number of rotatable bonds is 34. The van der Waals surface area contributed by atoms with E-state index >= 15 is 0 Å². The van der Waals surface area contributed by atoms with Gasteiger partial charge >= 0.3 is 6.03 Å². The van der Waals surface area contributed by atoms with E-state index in [4.69, 9.17) is 42.6 Å². The topological polar surface area (TPSA) is 270 Å².